The molecule has 1 amide bonds. The van der Waals surface area contributed by atoms with Crippen molar-refractivity contribution in [3.63, 3.8) is 0 Å². The second-order valence-electron chi connectivity index (χ2n) is 5.67. The molecule has 0 saturated carbocycles. The number of rotatable bonds is 4. The third kappa shape index (κ3) is 4.05. The molecule has 1 fully saturated rings. The summed E-state index contributed by atoms with van der Waals surface area (Å²) in [5.41, 5.74) is 1.25. The van der Waals surface area contributed by atoms with Gasteiger partial charge in [-0.3, -0.25) is 9.69 Å². The Kier molecular flexibility index (Phi) is 5.40. The molecule has 0 unspecified atom stereocenters. The van der Waals surface area contributed by atoms with Gasteiger partial charge in [-0.05, 0) is 39.5 Å². The summed E-state index contributed by atoms with van der Waals surface area (Å²) in [5.74, 6) is 0.268. The number of nitrogens with one attached hydrogen (secondary N) is 1. The fourth-order valence-electron chi connectivity index (χ4n) is 3.04. The van der Waals surface area contributed by atoms with Gasteiger partial charge in [-0.15, -0.1) is 0 Å². The Morgan fingerprint density at radius 2 is 2.37 bits per heavy atom. The molecule has 1 N–H and O–H groups in total. The van der Waals surface area contributed by atoms with Gasteiger partial charge in [0.15, 0.2) is 0 Å². The third-order valence-corrected chi connectivity index (χ3v) is 4.04. The molecule has 1 atom stereocenters. The first-order valence-corrected chi connectivity index (χ1v) is 7.66. The number of carbonyl (C=O) groups is 1. The van der Waals surface area contributed by atoms with Crippen LogP contribution in [0.25, 0.3) is 0 Å². The Balaban J connectivity index is 1.91. The smallest absolute Gasteiger partial charge is 0.240 e. The quantitative estimate of drug-likeness (QED) is 0.838. The van der Waals surface area contributed by atoms with E-state index in [9.17, 15) is 4.79 Å². The predicted molar refractivity (Wildman–Crippen MR) is 77.8 cm³/mol. The number of carbonyl (C=O) groups excluding carboxylic acids is 1. The van der Waals surface area contributed by atoms with Gasteiger partial charge in [-0.25, -0.2) is 0 Å². The fourth-order valence-corrected chi connectivity index (χ4v) is 3.04. The molecule has 0 aromatic carbocycles. The fraction of sp³-hybridized carbons (Fsp3) is 0.800. The lowest BCUT2D eigenvalue weighted by Gasteiger charge is -2.34. The predicted octanol–water partition coefficient (Wildman–Crippen LogP) is 1.59. The van der Waals surface area contributed by atoms with Crippen LogP contribution in [0.2, 0.25) is 0 Å². The van der Waals surface area contributed by atoms with Crippen molar-refractivity contribution in [2.75, 3.05) is 32.7 Å². The first-order chi connectivity index (χ1) is 9.20. The minimum atomic E-state index is 0.268. The summed E-state index contributed by atoms with van der Waals surface area (Å²) < 4.78 is 0. The summed E-state index contributed by atoms with van der Waals surface area (Å²) in [6.45, 7) is 8.56. The Morgan fingerprint density at radius 1 is 1.53 bits per heavy atom. The molecule has 108 valence electrons. The summed E-state index contributed by atoms with van der Waals surface area (Å²) >= 11 is 0. The van der Waals surface area contributed by atoms with Gasteiger partial charge in [-0.2, -0.15) is 0 Å². The minimum Gasteiger partial charge on any atom is -0.316 e. The largest absolute Gasteiger partial charge is 0.316 e. The van der Waals surface area contributed by atoms with Crippen molar-refractivity contribution >= 4 is 5.91 Å². The molecule has 1 aliphatic heterocycles. The van der Waals surface area contributed by atoms with Gasteiger partial charge < -0.3 is 10.2 Å². The Hall–Kier alpha value is -0.870. The van der Waals surface area contributed by atoms with E-state index in [4.69, 9.17) is 0 Å². The van der Waals surface area contributed by atoms with Gasteiger partial charge in [0.05, 0.1) is 6.54 Å². The Morgan fingerprint density at radius 3 is 3.00 bits per heavy atom. The van der Waals surface area contributed by atoms with Crippen LogP contribution in [0.5, 0.6) is 0 Å². The highest BCUT2D eigenvalue weighted by Crippen LogP contribution is 2.21. The maximum atomic E-state index is 12.5. The van der Waals surface area contributed by atoms with E-state index >= 15 is 0 Å². The van der Waals surface area contributed by atoms with E-state index in [0.717, 1.165) is 39.0 Å². The molecule has 1 heterocycles. The summed E-state index contributed by atoms with van der Waals surface area (Å²) in [6, 6.07) is 0.491. The average molecular weight is 265 g/mol. The monoisotopic (exact) mass is 265 g/mol. The van der Waals surface area contributed by atoms with Crippen molar-refractivity contribution in [3.05, 3.63) is 11.8 Å². The SMILES string of the molecule is CCN(C(=O)CN1CCN[C@H](C)C1)C1=CCCCC1. The topological polar surface area (TPSA) is 35.6 Å². The highest BCUT2D eigenvalue weighted by Gasteiger charge is 2.22. The normalized spacial score (nSPS) is 24.9. The van der Waals surface area contributed by atoms with E-state index in [1.54, 1.807) is 0 Å². The average Bonchev–Trinajstić information content (AvgIpc) is 2.41. The van der Waals surface area contributed by atoms with E-state index in [-0.39, 0.29) is 5.91 Å². The van der Waals surface area contributed by atoms with Crippen LogP contribution in [0.15, 0.2) is 11.8 Å². The number of hydrogen-bond donors (Lipinski definition) is 1. The van der Waals surface area contributed by atoms with Crippen LogP contribution >= 0.6 is 0 Å². The van der Waals surface area contributed by atoms with Crippen LogP contribution in [0.1, 0.15) is 39.5 Å². The molecule has 1 saturated heterocycles. The van der Waals surface area contributed by atoms with E-state index in [2.05, 4.69) is 30.1 Å². The highest BCUT2D eigenvalue weighted by atomic mass is 16.2. The summed E-state index contributed by atoms with van der Waals surface area (Å²) in [6.07, 6.45) is 6.94. The number of allylic oxidation sites excluding steroid dienone is 2. The van der Waals surface area contributed by atoms with Crippen molar-refractivity contribution in [1.82, 2.24) is 15.1 Å². The van der Waals surface area contributed by atoms with E-state index in [1.807, 2.05) is 4.90 Å². The van der Waals surface area contributed by atoms with Gasteiger partial charge in [-0.1, -0.05) is 6.08 Å². The zero-order chi connectivity index (χ0) is 13.7. The summed E-state index contributed by atoms with van der Waals surface area (Å²) in [5, 5.41) is 3.41. The molecule has 0 aromatic heterocycles. The zero-order valence-electron chi connectivity index (χ0n) is 12.3. The molecule has 19 heavy (non-hydrogen) atoms. The lowest BCUT2D eigenvalue weighted by atomic mass is 10.0. The zero-order valence-corrected chi connectivity index (χ0v) is 12.3. The van der Waals surface area contributed by atoms with E-state index < -0.39 is 0 Å². The summed E-state index contributed by atoms with van der Waals surface area (Å²) in [4.78, 5) is 16.7. The van der Waals surface area contributed by atoms with Crippen molar-refractivity contribution in [1.29, 1.82) is 0 Å². The molecule has 4 nitrogen and oxygen atoms in total. The number of piperazine rings is 1. The standard InChI is InChI=1S/C15H27N3O/c1-3-18(14-7-5-4-6-8-14)15(19)12-17-10-9-16-13(2)11-17/h7,13,16H,3-6,8-12H2,1-2H3/t13-/m1/s1. The first kappa shape index (κ1) is 14.5. The van der Waals surface area contributed by atoms with Crippen LogP contribution in [0.4, 0.5) is 0 Å². The van der Waals surface area contributed by atoms with Gasteiger partial charge in [0, 0.05) is 37.9 Å². The Bertz CT molecular complexity index is 340. The third-order valence-electron chi connectivity index (χ3n) is 4.04. The number of hydrogen-bond acceptors (Lipinski definition) is 3. The molecular weight excluding hydrogens is 238 g/mol. The molecule has 2 rings (SSSR count). The van der Waals surface area contributed by atoms with Gasteiger partial charge >= 0.3 is 0 Å². The highest BCUT2D eigenvalue weighted by molar-refractivity contribution is 5.80. The molecule has 1 aliphatic carbocycles. The van der Waals surface area contributed by atoms with Crippen molar-refractivity contribution < 1.29 is 4.79 Å². The molecular formula is C15H27N3O. The number of amides is 1. The molecule has 2 aliphatic rings. The van der Waals surface area contributed by atoms with Crippen LogP contribution in [-0.4, -0.2) is 54.5 Å². The second-order valence-corrected chi connectivity index (χ2v) is 5.67. The van der Waals surface area contributed by atoms with Crippen molar-refractivity contribution in [2.45, 2.75) is 45.6 Å². The Labute approximate surface area is 116 Å². The molecule has 0 aromatic rings. The van der Waals surface area contributed by atoms with Crippen LogP contribution in [-0.2, 0) is 4.79 Å². The molecule has 0 bridgehead atoms. The molecule has 0 radical (unpaired) electrons. The second kappa shape index (κ2) is 7.06. The van der Waals surface area contributed by atoms with Gasteiger partial charge in [0.25, 0.3) is 0 Å². The van der Waals surface area contributed by atoms with Crippen molar-refractivity contribution in [2.24, 2.45) is 0 Å². The van der Waals surface area contributed by atoms with E-state index in [1.165, 1.54) is 18.5 Å². The lowest BCUT2D eigenvalue weighted by Crippen LogP contribution is -2.52. The maximum Gasteiger partial charge on any atom is 0.240 e. The van der Waals surface area contributed by atoms with Crippen LogP contribution in [0, 0.1) is 0 Å². The van der Waals surface area contributed by atoms with Crippen LogP contribution < -0.4 is 5.32 Å². The summed E-state index contributed by atoms with van der Waals surface area (Å²) in [7, 11) is 0. The number of likely N-dealkylation sites (N-methyl/N-ethyl adjacent to an activating group) is 1. The van der Waals surface area contributed by atoms with Gasteiger partial charge in [0.2, 0.25) is 5.91 Å². The van der Waals surface area contributed by atoms with E-state index in [0.29, 0.717) is 12.6 Å². The maximum absolute atomic E-state index is 12.5. The lowest BCUT2D eigenvalue weighted by molar-refractivity contribution is -0.130. The first-order valence-electron chi connectivity index (χ1n) is 7.66. The molecule has 0 spiro atoms. The van der Waals surface area contributed by atoms with Gasteiger partial charge in [0.1, 0.15) is 0 Å². The minimum absolute atomic E-state index is 0.268. The number of nitrogens with zero attached hydrogens (tertiary/aromatic N) is 2. The molecule has 4 heteroatoms. The van der Waals surface area contributed by atoms with Crippen LogP contribution in [0.3, 0.4) is 0 Å². The van der Waals surface area contributed by atoms with Crippen molar-refractivity contribution in [3.8, 4) is 0 Å².